The van der Waals surface area contributed by atoms with E-state index in [2.05, 4.69) is 21.8 Å². The number of rotatable bonds is 4. The molecule has 1 aromatic heterocycles. The van der Waals surface area contributed by atoms with E-state index in [1.54, 1.807) is 0 Å². The highest BCUT2D eigenvalue weighted by atomic mass is 35.5. The largest absolute Gasteiger partial charge is 0.346 e. The second-order valence-electron chi connectivity index (χ2n) is 4.48. The van der Waals surface area contributed by atoms with Gasteiger partial charge in [0.25, 0.3) is 5.91 Å². The van der Waals surface area contributed by atoms with E-state index in [4.69, 9.17) is 11.6 Å². The van der Waals surface area contributed by atoms with Crippen molar-refractivity contribution < 1.29 is 4.79 Å². The summed E-state index contributed by atoms with van der Waals surface area (Å²) < 4.78 is 2.06. The standard InChI is InChI=1S/C13H18ClN3O/c1-10(14)9-16-13(18)12-3-2-8-17(12)11-4-6-15-7-5-11/h2-3,8,11,15H,1,4-7,9H2,(H,16,18). The van der Waals surface area contributed by atoms with E-state index in [0.29, 0.717) is 23.3 Å². The second-order valence-corrected chi connectivity index (χ2v) is 5.02. The summed E-state index contributed by atoms with van der Waals surface area (Å²) in [7, 11) is 0. The molecular formula is C13H18ClN3O. The van der Waals surface area contributed by atoms with Crippen LogP contribution in [0.15, 0.2) is 29.9 Å². The molecule has 1 fully saturated rings. The lowest BCUT2D eigenvalue weighted by Gasteiger charge is -2.25. The van der Waals surface area contributed by atoms with Crippen LogP contribution in [0.1, 0.15) is 29.4 Å². The van der Waals surface area contributed by atoms with Gasteiger partial charge in [0.05, 0.1) is 6.54 Å². The smallest absolute Gasteiger partial charge is 0.268 e. The molecule has 0 bridgehead atoms. The van der Waals surface area contributed by atoms with Gasteiger partial charge in [0.2, 0.25) is 0 Å². The molecule has 18 heavy (non-hydrogen) atoms. The van der Waals surface area contributed by atoms with Crippen LogP contribution in [0.2, 0.25) is 0 Å². The van der Waals surface area contributed by atoms with Crippen LogP contribution >= 0.6 is 11.6 Å². The molecule has 1 aliphatic rings. The molecule has 0 aromatic carbocycles. The highest BCUT2D eigenvalue weighted by molar-refractivity contribution is 6.29. The summed E-state index contributed by atoms with van der Waals surface area (Å²) in [6.07, 6.45) is 4.08. The molecule has 1 saturated heterocycles. The van der Waals surface area contributed by atoms with Crippen molar-refractivity contribution in [1.29, 1.82) is 0 Å². The normalized spacial score (nSPS) is 16.5. The number of nitrogens with zero attached hydrogens (tertiary/aromatic N) is 1. The van der Waals surface area contributed by atoms with Crippen molar-refractivity contribution in [2.75, 3.05) is 19.6 Å². The molecule has 1 aromatic rings. The molecule has 1 amide bonds. The fourth-order valence-electron chi connectivity index (χ4n) is 2.26. The number of carbonyl (C=O) groups is 1. The van der Waals surface area contributed by atoms with Gasteiger partial charge >= 0.3 is 0 Å². The van der Waals surface area contributed by atoms with Crippen LogP contribution in [0.3, 0.4) is 0 Å². The van der Waals surface area contributed by atoms with Crippen LogP contribution in [0, 0.1) is 0 Å². The fraction of sp³-hybridized carbons (Fsp3) is 0.462. The average Bonchev–Trinajstić information content (AvgIpc) is 2.86. The van der Waals surface area contributed by atoms with E-state index >= 15 is 0 Å². The Hall–Kier alpha value is -1.26. The van der Waals surface area contributed by atoms with Crippen LogP contribution < -0.4 is 10.6 Å². The zero-order chi connectivity index (χ0) is 13.0. The van der Waals surface area contributed by atoms with Crippen molar-refractivity contribution in [2.24, 2.45) is 0 Å². The van der Waals surface area contributed by atoms with E-state index in [-0.39, 0.29) is 5.91 Å². The molecule has 0 atom stereocenters. The first-order valence-corrected chi connectivity index (χ1v) is 6.55. The quantitative estimate of drug-likeness (QED) is 0.875. The summed E-state index contributed by atoms with van der Waals surface area (Å²) >= 11 is 5.65. The third-order valence-electron chi connectivity index (χ3n) is 3.15. The average molecular weight is 268 g/mol. The first kappa shape index (κ1) is 13.2. The number of amides is 1. The molecule has 98 valence electrons. The summed E-state index contributed by atoms with van der Waals surface area (Å²) in [5.41, 5.74) is 0.694. The number of nitrogens with one attached hydrogen (secondary N) is 2. The van der Waals surface area contributed by atoms with Gasteiger partial charge in [0.15, 0.2) is 0 Å². The second kappa shape index (κ2) is 6.07. The van der Waals surface area contributed by atoms with Crippen molar-refractivity contribution in [3.63, 3.8) is 0 Å². The summed E-state index contributed by atoms with van der Waals surface area (Å²) in [6.45, 7) is 5.86. The molecule has 0 saturated carbocycles. The first-order valence-electron chi connectivity index (χ1n) is 6.17. The molecule has 2 N–H and O–H groups in total. The number of aromatic nitrogens is 1. The Morgan fingerprint density at radius 1 is 1.56 bits per heavy atom. The van der Waals surface area contributed by atoms with Crippen molar-refractivity contribution in [2.45, 2.75) is 18.9 Å². The highest BCUT2D eigenvalue weighted by Crippen LogP contribution is 2.21. The minimum absolute atomic E-state index is 0.0969. The molecule has 4 nitrogen and oxygen atoms in total. The van der Waals surface area contributed by atoms with Crippen LogP contribution in [0.25, 0.3) is 0 Å². The molecule has 2 rings (SSSR count). The Morgan fingerprint density at radius 2 is 2.28 bits per heavy atom. The van der Waals surface area contributed by atoms with E-state index in [9.17, 15) is 4.79 Å². The maximum Gasteiger partial charge on any atom is 0.268 e. The molecule has 1 aliphatic heterocycles. The van der Waals surface area contributed by atoms with Gasteiger partial charge < -0.3 is 15.2 Å². The lowest BCUT2D eigenvalue weighted by Crippen LogP contribution is -2.32. The van der Waals surface area contributed by atoms with Gasteiger partial charge in [-0.1, -0.05) is 18.2 Å². The predicted octanol–water partition coefficient (Wildman–Crippen LogP) is 1.89. The number of halogens is 1. The van der Waals surface area contributed by atoms with E-state index < -0.39 is 0 Å². The van der Waals surface area contributed by atoms with Gasteiger partial charge in [0, 0.05) is 17.3 Å². The Bertz CT molecular complexity index is 435. The van der Waals surface area contributed by atoms with E-state index in [1.165, 1.54) is 0 Å². The van der Waals surface area contributed by atoms with Gasteiger partial charge in [-0.05, 0) is 38.1 Å². The molecule has 5 heteroatoms. The van der Waals surface area contributed by atoms with Gasteiger partial charge in [-0.2, -0.15) is 0 Å². The first-order chi connectivity index (χ1) is 8.68. The Kier molecular flexibility index (Phi) is 4.44. The van der Waals surface area contributed by atoms with E-state index in [1.807, 2.05) is 18.3 Å². The van der Waals surface area contributed by atoms with E-state index in [0.717, 1.165) is 25.9 Å². The Morgan fingerprint density at radius 3 is 2.94 bits per heavy atom. The van der Waals surface area contributed by atoms with Crippen LogP contribution in [0.5, 0.6) is 0 Å². The summed E-state index contributed by atoms with van der Waals surface area (Å²) in [5.74, 6) is -0.0969. The van der Waals surface area contributed by atoms with Crippen molar-refractivity contribution in [3.8, 4) is 0 Å². The third kappa shape index (κ3) is 3.15. The Labute approximate surface area is 112 Å². The van der Waals surface area contributed by atoms with Gasteiger partial charge in [-0.3, -0.25) is 4.79 Å². The van der Waals surface area contributed by atoms with Gasteiger partial charge in [-0.15, -0.1) is 0 Å². The molecule has 0 aliphatic carbocycles. The molecule has 2 heterocycles. The predicted molar refractivity (Wildman–Crippen MR) is 72.9 cm³/mol. The lowest BCUT2D eigenvalue weighted by molar-refractivity contribution is 0.0945. The summed E-state index contributed by atoms with van der Waals surface area (Å²) in [6, 6.07) is 4.15. The van der Waals surface area contributed by atoms with Crippen molar-refractivity contribution >= 4 is 17.5 Å². The summed E-state index contributed by atoms with van der Waals surface area (Å²) in [4.78, 5) is 12.0. The van der Waals surface area contributed by atoms with Crippen molar-refractivity contribution in [1.82, 2.24) is 15.2 Å². The van der Waals surface area contributed by atoms with Gasteiger partial charge in [-0.25, -0.2) is 0 Å². The minimum atomic E-state index is -0.0969. The maximum absolute atomic E-state index is 12.0. The van der Waals surface area contributed by atoms with Crippen LogP contribution in [-0.2, 0) is 0 Å². The topological polar surface area (TPSA) is 46.1 Å². The number of hydrogen-bond donors (Lipinski definition) is 2. The highest BCUT2D eigenvalue weighted by Gasteiger charge is 2.19. The lowest BCUT2D eigenvalue weighted by atomic mass is 10.1. The zero-order valence-electron chi connectivity index (χ0n) is 10.3. The number of piperidine rings is 1. The minimum Gasteiger partial charge on any atom is -0.346 e. The Balaban J connectivity index is 2.06. The zero-order valence-corrected chi connectivity index (χ0v) is 11.0. The van der Waals surface area contributed by atoms with Crippen LogP contribution in [-0.4, -0.2) is 30.1 Å². The number of carbonyl (C=O) groups excluding carboxylic acids is 1. The van der Waals surface area contributed by atoms with Crippen LogP contribution in [0.4, 0.5) is 0 Å². The molecule has 0 radical (unpaired) electrons. The summed E-state index contributed by atoms with van der Waals surface area (Å²) in [5, 5.41) is 6.51. The SMILES string of the molecule is C=C(Cl)CNC(=O)c1cccn1C1CCNCC1. The monoisotopic (exact) mass is 267 g/mol. The molecule has 0 unspecified atom stereocenters. The molecular weight excluding hydrogens is 250 g/mol. The molecule has 0 spiro atoms. The number of hydrogen-bond acceptors (Lipinski definition) is 2. The third-order valence-corrected chi connectivity index (χ3v) is 3.29. The van der Waals surface area contributed by atoms with Gasteiger partial charge in [0.1, 0.15) is 5.69 Å². The maximum atomic E-state index is 12.0. The fourth-order valence-corrected chi connectivity index (χ4v) is 2.32. The van der Waals surface area contributed by atoms with Crippen molar-refractivity contribution in [3.05, 3.63) is 35.6 Å².